The summed E-state index contributed by atoms with van der Waals surface area (Å²) in [5, 5.41) is 3.99. The third-order valence-corrected chi connectivity index (χ3v) is 8.87. The maximum absolute atomic E-state index is 6.40. The largest absolute Gasteiger partial charge is 0.397 e. The van der Waals surface area contributed by atoms with E-state index in [0.717, 1.165) is 56.1 Å². The van der Waals surface area contributed by atoms with E-state index in [9.17, 15) is 0 Å². The van der Waals surface area contributed by atoms with Crippen LogP contribution in [0.2, 0.25) is 0 Å². The number of hydrogen-bond acceptors (Lipinski definition) is 5. The molecule has 0 amide bonds. The van der Waals surface area contributed by atoms with Crippen molar-refractivity contribution in [3.8, 4) is 56.2 Å². The molecule has 5 heteroatoms. The number of nitrogen functional groups attached to an aromatic ring is 1. The zero-order valence-electron chi connectivity index (χ0n) is 26.7. The van der Waals surface area contributed by atoms with E-state index in [1.165, 1.54) is 16.3 Å². The summed E-state index contributed by atoms with van der Waals surface area (Å²) in [6, 6.07) is 60.1. The van der Waals surface area contributed by atoms with Crippen LogP contribution in [0.15, 0.2) is 176 Å². The molecule has 7 aromatic carbocycles. The second kappa shape index (κ2) is 12.9. The van der Waals surface area contributed by atoms with Gasteiger partial charge in [-0.15, -0.1) is 0 Å². The lowest BCUT2D eigenvalue weighted by atomic mass is 9.94. The van der Waals surface area contributed by atoms with Crippen LogP contribution in [-0.2, 0) is 0 Å². The van der Waals surface area contributed by atoms with E-state index in [0.29, 0.717) is 11.5 Å². The summed E-state index contributed by atoms with van der Waals surface area (Å²) < 4.78 is 0. The molecule has 0 radical (unpaired) electrons. The van der Waals surface area contributed by atoms with Gasteiger partial charge in [-0.1, -0.05) is 140 Å². The molecule has 0 bridgehead atoms. The van der Waals surface area contributed by atoms with Gasteiger partial charge in [0.1, 0.15) is 0 Å². The predicted octanol–water partition coefficient (Wildman–Crippen LogP) is 10.6. The van der Waals surface area contributed by atoms with E-state index in [2.05, 4.69) is 91.0 Å². The Labute approximate surface area is 285 Å². The van der Waals surface area contributed by atoms with Crippen molar-refractivity contribution >= 4 is 27.8 Å². The molecule has 0 spiro atoms. The Bertz CT molecular complexity index is 2330. The van der Waals surface area contributed by atoms with Gasteiger partial charge < -0.3 is 5.73 Å². The Morgan fingerprint density at radius 1 is 0.429 bits per heavy atom. The molecule has 8 aromatic rings. The second-order valence-electron chi connectivity index (χ2n) is 12.0. The first-order chi connectivity index (χ1) is 24.1. The molecule has 0 unspecified atom stereocenters. The van der Waals surface area contributed by atoms with E-state index in [1.54, 1.807) is 5.01 Å². The normalized spacial score (nSPS) is 11.0. The Hall–Kier alpha value is -6.56. The molecule has 0 fully saturated rings. The molecule has 0 saturated carbocycles. The third kappa shape index (κ3) is 6.02. The molecule has 4 N–H and O–H groups in total. The van der Waals surface area contributed by atoms with E-state index < -0.39 is 0 Å². The predicted molar refractivity (Wildman–Crippen MR) is 204 cm³/mol. The summed E-state index contributed by atoms with van der Waals surface area (Å²) in [5.74, 6) is 7.11. The van der Waals surface area contributed by atoms with Crippen LogP contribution in [0.4, 0.5) is 17.1 Å². The number of nitrogens with zero attached hydrogens (tertiary/aromatic N) is 3. The Balaban J connectivity index is 1.09. The first kappa shape index (κ1) is 29.8. The summed E-state index contributed by atoms with van der Waals surface area (Å²) in [6.07, 6.45) is 0. The Morgan fingerprint density at radius 2 is 1.00 bits per heavy atom. The van der Waals surface area contributed by atoms with Crippen molar-refractivity contribution in [1.82, 2.24) is 9.97 Å². The molecule has 8 rings (SSSR count). The first-order valence-corrected chi connectivity index (χ1v) is 16.2. The van der Waals surface area contributed by atoms with Crippen molar-refractivity contribution in [1.29, 1.82) is 0 Å². The topological polar surface area (TPSA) is 81.1 Å². The summed E-state index contributed by atoms with van der Waals surface area (Å²) in [4.78, 5) is 9.93. The molecular formula is C44H33N5. The molecule has 1 heterocycles. The fourth-order valence-corrected chi connectivity index (χ4v) is 6.26. The zero-order valence-corrected chi connectivity index (χ0v) is 26.7. The minimum atomic E-state index is 0.637. The summed E-state index contributed by atoms with van der Waals surface area (Å²) in [7, 11) is 0. The van der Waals surface area contributed by atoms with Crippen LogP contribution in [-0.4, -0.2) is 9.97 Å². The Kier molecular flexibility index (Phi) is 7.86. The van der Waals surface area contributed by atoms with Gasteiger partial charge in [0.2, 0.25) is 0 Å². The lowest BCUT2D eigenvalue weighted by molar-refractivity contribution is 1.09. The Morgan fingerprint density at radius 3 is 1.69 bits per heavy atom. The minimum absolute atomic E-state index is 0.637. The van der Waals surface area contributed by atoms with Crippen LogP contribution in [0, 0.1) is 0 Å². The van der Waals surface area contributed by atoms with Gasteiger partial charge in [0.15, 0.2) is 5.82 Å². The van der Waals surface area contributed by atoms with Gasteiger partial charge in [0, 0.05) is 16.7 Å². The highest BCUT2D eigenvalue weighted by Crippen LogP contribution is 2.35. The van der Waals surface area contributed by atoms with Crippen LogP contribution in [0.5, 0.6) is 0 Å². The minimum Gasteiger partial charge on any atom is -0.397 e. The molecule has 0 aliphatic heterocycles. The van der Waals surface area contributed by atoms with E-state index in [-0.39, 0.29) is 0 Å². The lowest BCUT2D eigenvalue weighted by Crippen LogP contribution is -2.25. The number of rotatable bonds is 7. The number of hydrazine groups is 1. The van der Waals surface area contributed by atoms with Gasteiger partial charge in [-0.25, -0.2) is 15.8 Å². The van der Waals surface area contributed by atoms with Gasteiger partial charge in [-0.2, -0.15) is 0 Å². The van der Waals surface area contributed by atoms with Gasteiger partial charge in [-0.3, -0.25) is 5.01 Å². The van der Waals surface area contributed by atoms with Gasteiger partial charge in [0.25, 0.3) is 0 Å². The van der Waals surface area contributed by atoms with E-state index in [4.69, 9.17) is 21.5 Å². The van der Waals surface area contributed by atoms with Crippen LogP contribution < -0.4 is 16.6 Å². The molecule has 0 aliphatic rings. The van der Waals surface area contributed by atoms with E-state index >= 15 is 0 Å². The highest BCUT2D eigenvalue weighted by atomic mass is 15.4. The SMILES string of the molecule is Nc1ccccc1N(N)c1ccc(-c2ccc3c(-c4ccc(-c5cc(-c6ccccc6)nc(-c6ccccc6)n5)cc4)cccc3c2)cc1. The third-order valence-electron chi connectivity index (χ3n) is 8.87. The lowest BCUT2D eigenvalue weighted by Gasteiger charge is -2.20. The van der Waals surface area contributed by atoms with Gasteiger partial charge >= 0.3 is 0 Å². The van der Waals surface area contributed by atoms with Crippen molar-refractivity contribution < 1.29 is 0 Å². The molecule has 0 atom stereocenters. The summed E-state index contributed by atoms with van der Waals surface area (Å²) in [5.41, 5.74) is 17.9. The first-order valence-electron chi connectivity index (χ1n) is 16.2. The second-order valence-corrected chi connectivity index (χ2v) is 12.0. The van der Waals surface area contributed by atoms with Crippen LogP contribution in [0.1, 0.15) is 0 Å². The molecule has 0 aliphatic carbocycles. The summed E-state index contributed by atoms with van der Waals surface area (Å²) in [6.45, 7) is 0. The number of benzene rings is 7. The monoisotopic (exact) mass is 631 g/mol. The van der Waals surface area contributed by atoms with Crippen LogP contribution in [0.3, 0.4) is 0 Å². The number of anilines is 3. The van der Waals surface area contributed by atoms with Gasteiger partial charge in [-0.05, 0) is 69.4 Å². The number of hydrogen-bond donors (Lipinski definition) is 2. The molecule has 234 valence electrons. The number of para-hydroxylation sites is 2. The van der Waals surface area contributed by atoms with Crippen LogP contribution in [0.25, 0.3) is 66.9 Å². The van der Waals surface area contributed by atoms with Crippen LogP contribution >= 0.6 is 0 Å². The maximum atomic E-state index is 6.40. The van der Waals surface area contributed by atoms with Crippen molar-refractivity contribution in [3.63, 3.8) is 0 Å². The van der Waals surface area contributed by atoms with Crippen molar-refractivity contribution in [2.45, 2.75) is 0 Å². The van der Waals surface area contributed by atoms with Gasteiger partial charge in [0.05, 0.1) is 28.5 Å². The molecule has 0 saturated heterocycles. The quantitative estimate of drug-likeness (QED) is 0.104. The molecule has 5 nitrogen and oxygen atoms in total. The molecular weight excluding hydrogens is 599 g/mol. The maximum Gasteiger partial charge on any atom is 0.160 e. The molecule has 1 aromatic heterocycles. The average Bonchev–Trinajstić information content (AvgIpc) is 3.18. The average molecular weight is 632 g/mol. The fraction of sp³-hybridized carbons (Fsp3) is 0. The molecule has 49 heavy (non-hydrogen) atoms. The van der Waals surface area contributed by atoms with Crippen molar-refractivity contribution in [3.05, 3.63) is 176 Å². The standard InChI is InChI=1S/C44H33N5/c45-40-16-7-8-17-43(40)49(46)37-25-22-30(23-26-37)35-24-27-39-36(28-35)14-9-15-38(39)31-18-20-33(21-19-31)42-29-41(32-10-3-1-4-11-32)47-44(48-42)34-12-5-2-6-13-34/h1-29H,45-46H2. The van der Waals surface area contributed by atoms with Crippen molar-refractivity contribution in [2.75, 3.05) is 10.7 Å². The summed E-state index contributed by atoms with van der Waals surface area (Å²) >= 11 is 0. The number of nitrogens with two attached hydrogens (primary N) is 2. The zero-order chi connectivity index (χ0) is 33.2. The van der Waals surface area contributed by atoms with E-state index in [1.807, 2.05) is 84.9 Å². The van der Waals surface area contributed by atoms with Crippen molar-refractivity contribution in [2.24, 2.45) is 5.84 Å². The number of aromatic nitrogens is 2. The highest BCUT2D eigenvalue weighted by molar-refractivity contribution is 5.99. The highest BCUT2D eigenvalue weighted by Gasteiger charge is 2.13. The number of fused-ring (bicyclic) bond motifs is 1. The fourth-order valence-electron chi connectivity index (χ4n) is 6.26. The smallest absolute Gasteiger partial charge is 0.160 e.